The van der Waals surface area contributed by atoms with E-state index in [4.69, 9.17) is 0 Å². The monoisotopic (exact) mass is 272 g/mol. The molecule has 2 atom stereocenters. The number of hydrogen-bond acceptors (Lipinski definition) is 2. The molecule has 1 saturated heterocycles. The summed E-state index contributed by atoms with van der Waals surface area (Å²) in [6.45, 7) is 4.75. The summed E-state index contributed by atoms with van der Waals surface area (Å²) < 4.78 is 0. The van der Waals surface area contributed by atoms with Crippen molar-refractivity contribution in [1.82, 2.24) is 10.2 Å². The molecule has 1 N–H and O–H groups in total. The minimum Gasteiger partial charge on any atom is -0.316 e. The largest absolute Gasteiger partial charge is 0.316 e. The lowest BCUT2D eigenvalue weighted by atomic mass is 9.75. The number of fused-ring (bicyclic) bond motifs is 1. The fourth-order valence-corrected chi connectivity index (χ4v) is 4.14. The summed E-state index contributed by atoms with van der Waals surface area (Å²) in [6.07, 6.45) is 7.34. The van der Waals surface area contributed by atoms with E-state index < -0.39 is 0 Å². The fraction of sp³-hybridized carbons (Fsp3) is 0.667. The predicted molar refractivity (Wildman–Crippen MR) is 84.5 cm³/mol. The Labute approximate surface area is 123 Å². The number of hydrogen-bond donors (Lipinski definition) is 1. The Bertz CT molecular complexity index is 429. The van der Waals surface area contributed by atoms with Crippen molar-refractivity contribution < 1.29 is 0 Å². The molecule has 2 heteroatoms. The van der Waals surface area contributed by atoms with Gasteiger partial charge in [-0.3, -0.25) is 4.90 Å². The molecule has 2 fully saturated rings. The second-order valence-corrected chi connectivity index (χ2v) is 6.63. The van der Waals surface area contributed by atoms with Crippen molar-refractivity contribution >= 4 is 0 Å². The number of likely N-dealkylation sites (tertiary alicyclic amines) is 1. The molecule has 1 aromatic carbocycles. The van der Waals surface area contributed by atoms with Crippen molar-refractivity contribution in [2.75, 3.05) is 20.1 Å². The van der Waals surface area contributed by atoms with E-state index in [-0.39, 0.29) is 0 Å². The van der Waals surface area contributed by atoms with Crippen molar-refractivity contribution in [3.63, 3.8) is 0 Å². The molecule has 1 aromatic rings. The molecular weight excluding hydrogens is 244 g/mol. The highest BCUT2D eigenvalue weighted by Gasteiger charge is 2.30. The smallest absolute Gasteiger partial charge is 0.0237 e. The van der Waals surface area contributed by atoms with Gasteiger partial charge >= 0.3 is 0 Å². The first-order chi connectivity index (χ1) is 9.86. The molecule has 3 rings (SSSR count). The number of benzene rings is 1. The molecule has 0 aromatic heterocycles. The summed E-state index contributed by atoms with van der Waals surface area (Å²) in [5, 5.41) is 3.29. The Balaban J connectivity index is 1.63. The van der Waals surface area contributed by atoms with Crippen molar-refractivity contribution in [1.29, 1.82) is 0 Å². The Hall–Kier alpha value is -0.860. The van der Waals surface area contributed by atoms with Gasteiger partial charge < -0.3 is 5.32 Å². The maximum absolute atomic E-state index is 3.29. The third-order valence-electron chi connectivity index (χ3n) is 5.25. The normalized spacial score (nSPS) is 27.2. The van der Waals surface area contributed by atoms with Crippen LogP contribution in [0.5, 0.6) is 0 Å². The quantitative estimate of drug-likeness (QED) is 0.903. The van der Waals surface area contributed by atoms with Gasteiger partial charge in [0.05, 0.1) is 0 Å². The van der Waals surface area contributed by atoms with E-state index in [1.165, 1.54) is 56.3 Å². The van der Waals surface area contributed by atoms with Crippen LogP contribution in [0.25, 0.3) is 0 Å². The van der Waals surface area contributed by atoms with Gasteiger partial charge in [-0.05, 0) is 49.4 Å². The first-order valence-electron chi connectivity index (χ1n) is 8.30. The third-order valence-corrected chi connectivity index (χ3v) is 5.25. The van der Waals surface area contributed by atoms with E-state index >= 15 is 0 Å². The summed E-state index contributed by atoms with van der Waals surface area (Å²) in [5.41, 5.74) is 2.97. The Morgan fingerprint density at radius 1 is 1.05 bits per heavy atom. The maximum atomic E-state index is 3.29. The van der Waals surface area contributed by atoms with Crippen LogP contribution in [0.15, 0.2) is 24.3 Å². The average molecular weight is 272 g/mol. The van der Waals surface area contributed by atoms with E-state index in [0.29, 0.717) is 0 Å². The van der Waals surface area contributed by atoms with Gasteiger partial charge in [0, 0.05) is 19.6 Å². The van der Waals surface area contributed by atoms with Crippen LogP contribution in [0.1, 0.15) is 43.2 Å². The summed E-state index contributed by atoms with van der Waals surface area (Å²) in [4.78, 5) is 2.70. The van der Waals surface area contributed by atoms with Crippen molar-refractivity contribution in [2.24, 2.45) is 11.8 Å². The molecule has 2 aliphatic rings. The number of piperidine rings is 1. The molecule has 2 nitrogen and oxygen atoms in total. The lowest BCUT2D eigenvalue weighted by Crippen LogP contribution is -2.41. The summed E-state index contributed by atoms with van der Waals surface area (Å²) in [5.74, 6) is 2.02. The standard InChI is InChI=1S/C18H28N2/c1-19-12-16-7-3-5-9-18(16)14-20-11-10-15-6-2-4-8-17(15)13-20/h3,5,7,9,15,17,19H,2,4,6,8,10-14H2,1H3. The SMILES string of the molecule is CNCc1ccccc1CN1CCC2CCCCC2C1. The van der Waals surface area contributed by atoms with Crippen LogP contribution in [-0.4, -0.2) is 25.0 Å². The fourth-order valence-electron chi connectivity index (χ4n) is 4.14. The molecule has 0 amide bonds. The first kappa shape index (κ1) is 14.1. The van der Waals surface area contributed by atoms with E-state index in [9.17, 15) is 0 Å². The molecule has 1 heterocycles. The van der Waals surface area contributed by atoms with Gasteiger partial charge in [-0.25, -0.2) is 0 Å². The van der Waals surface area contributed by atoms with Gasteiger partial charge in [0.2, 0.25) is 0 Å². The van der Waals surface area contributed by atoms with Crippen molar-refractivity contribution in [3.8, 4) is 0 Å². The lowest BCUT2D eigenvalue weighted by molar-refractivity contribution is 0.0819. The van der Waals surface area contributed by atoms with Crippen LogP contribution in [-0.2, 0) is 13.1 Å². The van der Waals surface area contributed by atoms with Gasteiger partial charge in [-0.1, -0.05) is 43.5 Å². The van der Waals surface area contributed by atoms with E-state index in [2.05, 4.69) is 34.5 Å². The van der Waals surface area contributed by atoms with Crippen molar-refractivity contribution in [3.05, 3.63) is 35.4 Å². The van der Waals surface area contributed by atoms with Crippen LogP contribution in [0.4, 0.5) is 0 Å². The summed E-state index contributed by atoms with van der Waals surface area (Å²) in [7, 11) is 2.03. The Morgan fingerprint density at radius 2 is 1.80 bits per heavy atom. The summed E-state index contributed by atoms with van der Waals surface area (Å²) >= 11 is 0. The van der Waals surface area contributed by atoms with Gasteiger partial charge in [0.25, 0.3) is 0 Å². The van der Waals surface area contributed by atoms with E-state index in [1.807, 2.05) is 7.05 Å². The van der Waals surface area contributed by atoms with E-state index in [0.717, 1.165) is 24.9 Å². The van der Waals surface area contributed by atoms with Crippen LogP contribution < -0.4 is 5.32 Å². The lowest BCUT2D eigenvalue weighted by Gasteiger charge is -2.41. The predicted octanol–water partition coefficient (Wildman–Crippen LogP) is 3.42. The van der Waals surface area contributed by atoms with Crippen LogP contribution in [0.2, 0.25) is 0 Å². The molecule has 0 bridgehead atoms. The molecule has 1 aliphatic carbocycles. The average Bonchev–Trinajstić information content (AvgIpc) is 2.49. The maximum Gasteiger partial charge on any atom is 0.0237 e. The number of rotatable bonds is 4. The summed E-state index contributed by atoms with van der Waals surface area (Å²) in [6, 6.07) is 8.91. The van der Waals surface area contributed by atoms with Crippen LogP contribution in [0, 0.1) is 11.8 Å². The van der Waals surface area contributed by atoms with Crippen LogP contribution in [0.3, 0.4) is 0 Å². The molecule has 2 unspecified atom stereocenters. The molecule has 0 radical (unpaired) electrons. The molecule has 20 heavy (non-hydrogen) atoms. The minimum absolute atomic E-state index is 0.981. The molecule has 110 valence electrons. The van der Waals surface area contributed by atoms with Crippen molar-refractivity contribution in [2.45, 2.75) is 45.2 Å². The number of nitrogens with zero attached hydrogens (tertiary/aromatic N) is 1. The Kier molecular flexibility index (Phi) is 4.74. The second-order valence-electron chi connectivity index (χ2n) is 6.63. The molecule has 0 spiro atoms. The Morgan fingerprint density at radius 3 is 2.60 bits per heavy atom. The highest BCUT2D eigenvalue weighted by atomic mass is 15.1. The number of nitrogens with one attached hydrogen (secondary N) is 1. The second kappa shape index (κ2) is 6.73. The topological polar surface area (TPSA) is 15.3 Å². The third kappa shape index (κ3) is 3.24. The molecule has 1 aliphatic heterocycles. The van der Waals surface area contributed by atoms with E-state index in [1.54, 1.807) is 0 Å². The minimum atomic E-state index is 0.981. The zero-order chi connectivity index (χ0) is 13.8. The molecular formula is C18H28N2. The van der Waals surface area contributed by atoms with Gasteiger partial charge in [-0.2, -0.15) is 0 Å². The first-order valence-corrected chi connectivity index (χ1v) is 8.30. The van der Waals surface area contributed by atoms with Crippen LogP contribution >= 0.6 is 0 Å². The van der Waals surface area contributed by atoms with Gasteiger partial charge in [0.1, 0.15) is 0 Å². The zero-order valence-electron chi connectivity index (χ0n) is 12.8. The zero-order valence-corrected chi connectivity index (χ0v) is 12.8. The van der Waals surface area contributed by atoms with Gasteiger partial charge in [-0.15, -0.1) is 0 Å². The molecule has 1 saturated carbocycles. The highest BCUT2D eigenvalue weighted by Crippen LogP contribution is 2.36. The van der Waals surface area contributed by atoms with Gasteiger partial charge in [0.15, 0.2) is 0 Å². The highest BCUT2D eigenvalue weighted by molar-refractivity contribution is 5.27.